The summed E-state index contributed by atoms with van der Waals surface area (Å²) in [6.45, 7) is 6.33. The number of rotatable bonds is 14. The standard InChI is InChI=1S/3C6H13N3O2.C6H8O7/c3*1-3-11-5(10)4-9(2)6(7)8;7-3(8)1-6(13,5(11)12)2-4(9)10/h3*3-4H2,1-2H3,(H3,7,8);13H,1-2H2,(H,7,8)(H,9,10)(H,11,12). The largest absolute Gasteiger partial charge is 0.481 e. The molecule has 0 radical (unpaired) electrons. The minimum absolute atomic E-state index is 0.0309. The van der Waals surface area contributed by atoms with E-state index in [0.717, 1.165) is 0 Å². The van der Waals surface area contributed by atoms with Gasteiger partial charge in [-0.05, 0) is 20.8 Å². The molecular weight excluding hydrogens is 622 g/mol. The van der Waals surface area contributed by atoms with Crippen molar-refractivity contribution in [1.82, 2.24) is 14.7 Å². The highest BCUT2D eigenvalue weighted by Crippen LogP contribution is 2.15. The first kappa shape index (κ1) is 47.5. The Labute approximate surface area is 265 Å². The van der Waals surface area contributed by atoms with E-state index in [1.165, 1.54) is 14.7 Å². The van der Waals surface area contributed by atoms with Gasteiger partial charge in [-0.25, -0.2) is 4.79 Å². The molecule has 0 saturated carbocycles. The Hall–Kier alpha value is -5.41. The van der Waals surface area contributed by atoms with Gasteiger partial charge in [-0.1, -0.05) is 0 Å². The van der Waals surface area contributed by atoms with Gasteiger partial charge in [0.05, 0.1) is 32.7 Å². The molecule has 0 saturated heterocycles. The topological polar surface area (TPSA) is 370 Å². The van der Waals surface area contributed by atoms with Gasteiger partial charge in [0.1, 0.15) is 19.6 Å². The first-order chi connectivity index (χ1) is 21.0. The maximum Gasteiger partial charge on any atom is 0.336 e. The van der Waals surface area contributed by atoms with E-state index in [-0.39, 0.29) is 55.4 Å². The van der Waals surface area contributed by atoms with E-state index in [1.54, 1.807) is 41.9 Å². The number of carbonyl (C=O) groups is 6. The number of carboxylic acid groups (broad SMARTS) is 3. The molecule has 22 nitrogen and oxygen atoms in total. The van der Waals surface area contributed by atoms with Crippen molar-refractivity contribution in [2.24, 2.45) is 17.2 Å². The zero-order valence-electron chi connectivity index (χ0n) is 26.7. The summed E-state index contributed by atoms with van der Waals surface area (Å²) < 4.78 is 13.9. The third-order valence-corrected chi connectivity index (χ3v) is 4.53. The number of aliphatic carboxylic acids is 3. The Morgan fingerprint density at radius 3 is 0.935 bits per heavy atom. The lowest BCUT2D eigenvalue weighted by atomic mass is 9.96. The van der Waals surface area contributed by atoms with Crippen molar-refractivity contribution in [1.29, 1.82) is 16.2 Å². The maximum absolute atomic E-state index is 10.7. The van der Waals surface area contributed by atoms with Crippen LogP contribution in [0.3, 0.4) is 0 Å². The average Bonchev–Trinajstić information content (AvgIpc) is 2.88. The van der Waals surface area contributed by atoms with Crippen molar-refractivity contribution in [3.8, 4) is 0 Å². The van der Waals surface area contributed by atoms with Crippen LogP contribution >= 0.6 is 0 Å². The molecule has 22 heteroatoms. The van der Waals surface area contributed by atoms with Crippen LogP contribution in [0, 0.1) is 16.2 Å². The number of guanidine groups is 3. The van der Waals surface area contributed by atoms with Gasteiger partial charge in [0.15, 0.2) is 23.5 Å². The smallest absolute Gasteiger partial charge is 0.336 e. The van der Waals surface area contributed by atoms with Crippen molar-refractivity contribution >= 4 is 53.7 Å². The number of carbonyl (C=O) groups excluding carboxylic acids is 3. The zero-order chi connectivity index (χ0) is 37.2. The van der Waals surface area contributed by atoms with Gasteiger partial charge < -0.3 is 66.5 Å². The van der Waals surface area contributed by atoms with Crippen LogP contribution in [0.15, 0.2) is 0 Å². The Morgan fingerprint density at radius 1 is 0.587 bits per heavy atom. The molecule has 0 amide bonds. The van der Waals surface area contributed by atoms with E-state index in [4.69, 9.17) is 53.9 Å². The van der Waals surface area contributed by atoms with Gasteiger partial charge >= 0.3 is 35.8 Å². The normalized spacial score (nSPS) is 9.46. The SMILES string of the molecule is CCOC(=O)CN(C)C(=N)N.CCOC(=O)CN(C)C(=N)N.CCOC(=O)CN(C)C(=N)N.O=C(O)CC(O)(CC(=O)O)C(=O)O. The molecule has 0 aliphatic heterocycles. The van der Waals surface area contributed by atoms with Crippen molar-refractivity contribution in [3.63, 3.8) is 0 Å². The Balaban J connectivity index is -0.000000256. The molecular formula is C24H47N9O13. The van der Waals surface area contributed by atoms with Crippen LogP contribution in [-0.2, 0) is 43.0 Å². The fourth-order valence-electron chi connectivity index (χ4n) is 2.17. The van der Waals surface area contributed by atoms with E-state index in [1.807, 2.05) is 0 Å². The Morgan fingerprint density at radius 2 is 0.804 bits per heavy atom. The second kappa shape index (κ2) is 26.0. The first-order valence-electron chi connectivity index (χ1n) is 13.0. The lowest BCUT2D eigenvalue weighted by molar-refractivity contribution is -0.170. The molecule has 0 aliphatic carbocycles. The molecule has 0 heterocycles. The summed E-state index contributed by atoms with van der Waals surface area (Å²) in [7, 11) is 4.66. The number of nitrogens with one attached hydrogen (secondary N) is 3. The highest BCUT2D eigenvalue weighted by molar-refractivity contribution is 5.88. The number of esters is 3. The van der Waals surface area contributed by atoms with Crippen LogP contribution in [-0.4, -0.2) is 155 Å². The molecule has 0 rings (SSSR count). The number of nitrogens with zero attached hydrogens (tertiary/aromatic N) is 3. The van der Waals surface area contributed by atoms with Crippen molar-refractivity contribution in [2.45, 2.75) is 39.2 Å². The molecule has 0 aromatic rings. The van der Waals surface area contributed by atoms with Crippen LogP contribution in [0.4, 0.5) is 0 Å². The van der Waals surface area contributed by atoms with E-state index >= 15 is 0 Å². The van der Waals surface area contributed by atoms with Crippen LogP contribution in [0.25, 0.3) is 0 Å². The molecule has 0 aromatic carbocycles. The third kappa shape index (κ3) is 28.7. The molecule has 0 bridgehead atoms. The summed E-state index contributed by atoms with van der Waals surface area (Å²) in [6, 6.07) is 0. The van der Waals surface area contributed by atoms with Crippen LogP contribution in [0.5, 0.6) is 0 Å². The summed E-state index contributed by atoms with van der Waals surface area (Å²) in [5.41, 5.74) is 12.5. The predicted octanol–water partition coefficient (Wildman–Crippen LogP) is -3.12. The van der Waals surface area contributed by atoms with Crippen molar-refractivity contribution in [3.05, 3.63) is 0 Å². The number of hydrogen-bond acceptors (Lipinski definition) is 13. The summed E-state index contributed by atoms with van der Waals surface area (Å²) in [5.74, 6) is -6.55. The first-order valence-corrected chi connectivity index (χ1v) is 13.0. The van der Waals surface area contributed by atoms with Crippen LogP contribution in [0.1, 0.15) is 33.6 Å². The third-order valence-electron chi connectivity index (χ3n) is 4.53. The molecule has 266 valence electrons. The minimum Gasteiger partial charge on any atom is -0.481 e. The summed E-state index contributed by atoms with van der Waals surface area (Å²) >= 11 is 0. The second-order valence-electron chi connectivity index (χ2n) is 8.62. The summed E-state index contributed by atoms with van der Waals surface area (Å²) in [5, 5.41) is 54.6. The molecule has 13 N–H and O–H groups in total. The van der Waals surface area contributed by atoms with Crippen LogP contribution in [0.2, 0.25) is 0 Å². The molecule has 0 spiro atoms. The summed E-state index contributed by atoms with van der Waals surface area (Å²) in [4.78, 5) is 66.6. The number of hydrogen-bond donors (Lipinski definition) is 10. The fourth-order valence-corrected chi connectivity index (χ4v) is 2.17. The lowest BCUT2D eigenvalue weighted by Gasteiger charge is -2.18. The van der Waals surface area contributed by atoms with Crippen molar-refractivity contribution in [2.75, 3.05) is 60.6 Å². The number of aliphatic hydroxyl groups is 1. The quantitative estimate of drug-likeness (QED) is 0.0378. The Bertz CT molecular complexity index is 939. The molecule has 0 aliphatic rings. The molecule has 0 unspecified atom stereocenters. The average molecular weight is 670 g/mol. The lowest BCUT2D eigenvalue weighted by Crippen LogP contribution is -2.42. The van der Waals surface area contributed by atoms with Gasteiger partial charge in [-0.3, -0.25) is 40.2 Å². The van der Waals surface area contributed by atoms with Gasteiger partial charge in [0.25, 0.3) is 0 Å². The van der Waals surface area contributed by atoms with Gasteiger partial charge in [-0.15, -0.1) is 0 Å². The molecule has 0 atom stereocenters. The van der Waals surface area contributed by atoms with E-state index in [0.29, 0.717) is 19.8 Å². The van der Waals surface area contributed by atoms with E-state index in [2.05, 4.69) is 14.2 Å². The second-order valence-corrected chi connectivity index (χ2v) is 8.62. The highest BCUT2D eigenvalue weighted by Gasteiger charge is 2.40. The maximum atomic E-state index is 10.7. The van der Waals surface area contributed by atoms with Crippen LogP contribution < -0.4 is 17.2 Å². The molecule has 0 fully saturated rings. The monoisotopic (exact) mass is 669 g/mol. The number of likely N-dealkylation sites (N-methyl/N-ethyl adjacent to an activating group) is 3. The van der Waals surface area contributed by atoms with E-state index in [9.17, 15) is 28.8 Å². The highest BCUT2D eigenvalue weighted by atomic mass is 16.5. The van der Waals surface area contributed by atoms with Gasteiger partial charge in [0.2, 0.25) is 0 Å². The van der Waals surface area contributed by atoms with Gasteiger partial charge in [0, 0.05) is 21.1 Å². The zero-order valence-corrected chi connectivity index (χ0v) is 26.7. The fraction of sp³-hybridized carbons (Fsp3) is 0.625. The van der Waals surface area contributed by atoms with Gasteiger partial charge in [-0.2, -0.15) is 0 Å². The molecule has 0 aromatic heterocycles. The number of carboxylic acids is 3. The number of nitrogens with two attached hydrogens (primary N) is 3. The minimum atomic E-state index is -2.74. The number of ether oxygens (including phenoxy) is 3. The predicted molar refractivity (Wildman–Crippen MR) is 161 cm³/mol. The molecule has 46 heavy (non-hydrogen) atoms. The Kier molecular flexibility index (Phi) is 26.9. The van der Waals surface area contributed by atoms with E-state index < -0.39 is 36.4 Å². The summed E-state index contributed by atoms with van der Waals surface area (Å²) in [6.07, 6.45) is -2.29. The van der Waals surface area contributed by atoms with Crippen molar-refractivity contribution < 1.29 is 63.4 Å².